The molecule has 0 saturated heterocycles. The topological polar surface area (TPSA) is 30.7 Å². The van der Waals surface area contributed by atoms with E-state index in [1.807, 2.05) is 11.3 Å². The summed E-state index contributed by atoms with van der Waals surface area (Å²) < 4.78 is 4.83. The minimum atomic E-state index is 0.839. The molecule has 0 radical (unpaired) electrons. The number of rotatable bonds is 3. The van der Waals surface area contributed by atoms with Crippen LogP contribution in [-0.2, 0) is 0 Å². The molecular weight excluding hydrogens is 579 g/mol. The maximum atomic E-state index is 5.51. The van der Waals surface area contributed by atoms with Gasteiger partial charge >= 0.3 is 0 Å². The fourth-order valence-electron chi connectivity index (χ4n) is 7.01. The first-order chi connectivity index (χ1) is 22.8. The van der Waals surface area contributed by atoms with Crippen LogP contribution in [0.15, 0.2) is 152 Å². The highest BCUT2D eigenvalue weighted by Crippen LogP contribution is 2.43. The van der Waals surface area contributed by atoms with Gasteiger partial charge in [-0.1, -0.05) is 115 Å². The molecule has 0 aliphatic heterocycles. The smallest absolute Gasteiger partial charge is 0.165 e. The second kappa shape index (κ2) is 9.83. The summed E-state index contributed by atoms with van der Waals surface area (Å²) >= 11 is 1.83. The molecule has 0 N–H and O–H groups in total. The predicted molar refractivity (Wildman–Crippen MR) is 195 cm³/mol. The highest BCUT2D eigenvalue weighted by molar-refractivity contribution is 7.26. The van der Waals surface area contributed by atoms with Gasteiger partial charge in [-0.15, -0.1) is 11.3 Å². The zero-order chi connectivity index (χ0) is 30.2. The number of hydrogen-bond donors (Lipinski definition) is 0. The number of benzene rings is 7. The second-order valence-corrected chi connectivity index (χ2v) is 12.9. The van der Waals surface area contributed by atoms with Gasteiger partial charge in [0.05, 0.1) is 22.1 Å². The molecule has 0 fully saturated rings. The van der Waals surface area contributed by atoms with E-state index in [2.05, 4.69) is 156 Å². The van der Waals surface area contributed by atoms with Gasteiger partial charge in [-0.2, -0.15) is 0 Å². The Kier molecular flexibility index (Phi) is 5.45. The average Bonchev–Trinajstić information content (AvgIpc) is 3.66. The number of para-hydroxylation sites is 1. The summed E-state index contributed by atoms with van der Waals surface area (Å²) in [7, 11) is 0. The van der Waals surface area contributed by atoms with Crippen LogP contribution in [0, 0.1) is 0 Å². The molecule has 10 rings (SSSR count). The third-order valence-electron chi connectivity index (χ3n) is 9.16. The van der Waals surface area contributed by atoms with Crippen molar-refractivity contribution in [1.82, 2.24) is 14.5 Å². The fourth-order valence-corrected chi connectivity index (χ4v) is 8.23. The van der Waals surface area contributed by atoms with E-state index >= 15 is 0 Å². The van der Waals surface area contributed by atoms with Gasteiger partial charge in [0, 0.05) is 36.5 Å². The number of nitrogens with zero attached hydrogens (tertiary/aromatic N) is 3. The molecule has 0 amide bonds. The first kappa shape index (κ1) is 25.5. The molecule has 3 heterocycles. The Bertz CT molecular complexity index is 2810. The Morgan fingerprint density at radius 1 is 0.457 bits per heavy atom. The number of hydrogen-bond acceptors (Lipinski definition) is 3. The van der Waals surface area contributed by atoms with Gasteiger partial charge in [-0.3, -0.25) is 4.57 Å². The normalized spacial score (nSPS) is 11.9. The fraction of sp³-hybridized carbons (Fsp3) is 0. The van der Waals surface area contributed by atoms with Crippen molar-refractivity contribution in [3.63, 3.8) is 0 Å². The van der Waals surface area contributed by atoms with Gasteiger partial charge in [0.1, 0.15) is 5.69 Å². The minimum absolute atomic E-state index is 0.839. The number of fused-ring (bicyclic) bond motifs is 8. The van der Waals surface area contributed by atoms with Crippen molar-refractivity contribution in [2.24, 2.45) is 0 Å². The molecule has 0 saturated carbocycles. The molecule has 0 aliphatic rings. The zero-order valence-corrected chi connectivity index (χ0v) is 25.5. The molecule has 10 aromatic rings. The van der Waals surface area contributed by atoms with E-state index in [-0.39, 0.29) is 0 Å². The van der Waals surface area contributed by atoms with Crippen molar-refractivity contribution in [3.05, 3.63) is 152 Å². The van der Waals surface area contributed by atoms with Crippen molar-refractivity contribution in [2.75, 3.05) is 0 Å². The van der Waals surface area contributed by atoms with Crippen molar-refractivity contribution in [2.45, 2.75) is 0 Å². The first-order valence-corrected chi connectivity index (χ1v) is 16.3. The van der Waals surface area contributed by atoms with E-state index < -0.39 is 0 Å². The Hall–Kier alpha value is -5.84. The van der Waals surface area contributed by atoms with Crippen LogP contribution in [0.5, 0.6) is 0 Å². The van der Waals surface area contributed by atoms with E-state index in [0.717, 1.165) is 50.3 Å². The largest absolute Gasteiger partial charge is 0.292 e. The molecule has 7 aromatic carbocycles. The lowest BCUT2D eigenvalue weighted by molar-refractivity contribution is 1.08. The van der Waals surface area contributed by atoms with Gasteiger partial charge in [0.25, 0.3) is 0 Å². The van der Waals surface area contributed by atoms with Crippen LogP contribution in [0.1, 0.15) is 0 Å². The van der Waals surface area contributed by atoms with Crippen LogP contribution >= 0.6 is 11.3 Å². The molecule has 0 spiro atoms. The summed E-state index contributed by atoms with van der Waals surface area (Å²) in [6.07, 6.45) is 0. The Balaban J connectivity index is 1.35. The second-order valence-electron chi connectivity index (χ2n) is 11.8. The molecule has 0 unspecified atom stereocenters. The summed E-state index contributed by atoms with van der Waals surface area (Å²) in [5, 5.41) is 7.36. The summed E-state index contributed by atoms with van der Waals surface area (Å²) in [4.78, 5) is 11.0. The van der Waals surface area contributed by atoms with E-state index in [1.165, 1.54) is 41.7 Å². The molecule has 3 nitrogen and oxygen atoms in total. The lowest BCUT2D eigenvalue weighted by atomic mass is 10.0. The van der Waals surface area contributed by atoms with E-state index in [1.54, 1.807) is 0 Å². The van der Waals surface area contributed by atoms with E-state index in [0.29, 0.717) is 0 Å². The van der Waals surface area contributed by atoms with Crippen molar-refractivity contribution in [3.8, 4) is 28.2 Å². The Labute approximate surface area is 268 Å². The van der Waals surface area contributed by atoms with Gasteiger partial charge in [-0.05, 0) is 58.3 Å². The summed E-state index contributed by atoms with van der Waals surface area (Å²) in [5.74, 6) is 0.839. The molecule has 214 valence electrons. The van der Waals surface area contributed by atoms with Gasteiger partial charge in [0.2, 0.25) is 0 Å². The average molecular weight is 604 g/mol. The first-order valence-electron chi connectivity index (χ1n) is 15.5. The van der Waals surface area contributed by atoms with Crippen molar-refractivity contribution < 1.29 is 0 Å². The van der Waals surface area contributed by atoms with E-state index in [4.69, 9.17) is 9.97 Å². The molecule has 46 heavy (non-hydrogen) atoms. The highest BCUT2D eigenvalue weighted by Gasteiger charge is 2.22. The summed E-state index contributed by atoms with van der Waals surface area (Å²) in [5.41, 5.74) is 8.26. The van der Waals surface area contributed by atoms with Crippen LogP contribution in [0.4, 0.5) is 0 Å². The third-order valence-corrected chi connectivity index (χ3v) is 10.4. The number of aromatic nitrogens is 3. The highest BCUT2D eigenvalue weighted by atomic mass is 32.1. The van der Waals surface area contributed by atoms with Crippen LogP contribution in [0.3, 0.4) is 0 Å². The third kappa shape index (κ3) is 3.77. The van der Waals surface area contributed by atoms with Crippen molar-refractivity contribution >= 4 is 75.1 Å². The SMILES string of the molecule is c1ccc(-c2ccc3nc(-n4c5ccccc5c5cc6ccccc6cc54)c(-c4cccc5c4sc4ccccc45)nc3c2)cc1. The maximum Gasteiger partial charge on any atom is 0.165 e. The van der Waals surface area contributed by atoms with Crippen LogP contribution in [0.25, 0.3) is 92.0 Å². The van der Waals surface area contributed by atoms with Gasteiger partial charge < -0.3 is 0 Å². The van der Waals surface area contributed by atoms with E-state index in [9.17, 15) is 0 Å². The lowest BCUT2D eigenvalue weighted by Gasteiger charge is -2.15. The van der Waals surface area contributed by atoms with Crippen LogP contribution in [0.2, 0.25) is 0 Å². The molecular formula is C42H25N3S. The standard InChI is InChI=1S/C42H25N3S/c1-2-11-26(12-3-1)29-21-22-35-36(24-29)43-40(33-18-10-17-32-31-16-7-9-20-39(31)46-41(32)33)42(44-35)45-37-19-8-6-15-30(37)34-23-27-13-4-5-14-28(27)25-38(34)45/h1-25H. The zero-order valence-electron chi connectivity index (χ0n) is 24.7. The molecule has 0 aliphatic carbocycles. The molecule has 3 aromatic heterocycles. The predicted octanol–water partition coefficient (Wildman–Crippen LogP) is 11.6. The monoisotopic (exact) mass is 603 g/mol. The quantitative estimate of drug-likeness (QED) is 0.201. The summed E-state index contributed by atoms with van der Waals surface area (Å²) in [6, 6.07) is 54.1. The van der Waals surface area contributed by atoms with Crippen LogP contribution in [-0.4, -0.2) is 14.5 Å². The lowest BCUT2D eigenvalue weighted by Crippen LogP contribution is -2.04. The molecule has 0 bridgehead atoms. The molecule has 4 heteroatoms. The Morgan fingerprint density at radius 3 is 2.09 bits per heavy atom. The Morgan fingerprint density at radius 2 is 1.20 bits per heavy atom. The van der Waals surface area contributed by atoms with Gasteiger partial charge in [-0.25, -0.2) is 9.97 Å². The van der Waals surface area contributed by atoms with Gasteiger partial charge in [0.15, 0.2) is 5.82 Å². The molecule has 0 atom stereocenters. The van der Waals surface area contributed by atoms with Crippen molar-refractivity contribution in [1.29, 1.82) is 0 Å². The minimum Gasteiger partial charge on any atom is -0.292 e. The van der Waals surface area contributed by atoms with Crippen LogP contribution < -0.4 is 0 Å². The maximum absolute atomic E-state index is 5.51. The summed E-state index contributed by atoms with van der Waals surface area (Å²) in [6.45, 7) is 0. The number of thiophene rings is 1.